The zero-order valence-corrected chi connectivity index (χ0v) is 9.37. The highest BCUT2D eigenvalue weighted by molar-refractivity contribution is 8.00. The quantitative estimate of drug-likeness (QED) is 0.621. The minimum Gasteiger partial charge on any atom is -0.381 e. The molecular weight excluding hydrogens is 230 g/mol. The first kappa shape index (κ1) is 12.2. The lowest BCUT2D eigenvalue weighted by atomic mass is 10.7. The number of carbonyl (C=O) groups excluding carboxylic acids is 2. The van der Waals surface area contributed by atoms with Crippen molar-refractivity contribution < 1.29 is 9.59 Å². The first-order valence-corrected chi connectivity index (χ1v) is 5.33. The summed E-state index contributed by atoms with van der Waals surface area (Å²) in [7, 11) is 1.43. The predicted molar refractivity (Wildman–Crippen MR) is 59.8 cm³/mol. The van der Waals surface area contributed by atoms with E-state index in [-0.39, 0.29) is 11.6 Å². The molecule has 86 valence electrons. The molecule has 0 radical (unpaired) electrons. The lowest BCUT2D eigenvalue weighted by molar-refractivity contribution is -0.117. The van der Waals surface area contributed by atoms with Crippen LogP contribution in [0.25, 0.3) is 0 Å². The summed E-state index contributed by atoms with van der Waals surface area (Å²) >= 11 is 1.12. The van der Waals surface area contributed by atoms with Crippen molar-refractivity contribution in [2.75, 3.05) is 18.5 Å². The normalized spacial score (nSPS) is 9.56. The smallest absolute Gasteiger partial charge is 0.321 e. The molecule has 16 heavy (non-hydrogen) atoms. The van der Waals surface area contributed by atoms with E-state index in [1.807, 2.05) is 0 Å². The molecule has 0 fully saturated rings. The number of hydrogen-bond acceptors (Lipinski definition) is 6. The first-order valence-electron chi connectivity index (χ1n) is 4.34. The van der Waals surface area contributed by atoms with Gasteiger partial charge in [-0.2, -0.15) is 0 Å². The van der Waals surface area contributed by atoms with Gasteiger partial charge in [-0.05, 0) is 0 Å². The molecule has 1 heterocycles. The number of imide groups is 1. The number of carbonyl (C=O) groups is 2. The van der Waals surface area contributed by atoms with Crippen molar-refractivity contribution in [2.45, 2.75) is 5.03 Å². The Labute approximate surface area is 96.2 Å². The minimum absolute atomic E-state index is 0.0519. The molecule has 1 aromatic heterocycles. The number of urea groups is 1. The molecule has 0 saturated carbocycles. The molecule has 0 aliphatic rings. The maximum absolute atomic E-state index is 11.2. The van der Waals surface area contributed by atoms with Crippen LogP contribution in [0.3, 0.4) is 0 Å². The Morgan fingerprint density at radius 2 is 2.12 bits per heavy atom. The zero-order valence-electron chi connectivity index (χ0n) is 8.56. The number of amides is 3. The molecule has 3 amide bonds. The highest BCUT2D eigenvalue weighted by Crippen LogP contribution is 2.18. The molecule has 1 rings (SSSR count). The highest BCUT2D eigenvalue weighted by atomic mass is 32.2. The van der Waals surface area contributed by atoms with Crippen LogP contribution in [-0.2, 0) is 4.79 Å². The Hall–Kier alpha value is -1.83. The number of rotatable bonds is 3. The second-order valence-electron chi connectivity index (χ2n) is 2.66. The van der Waals surface area contributed by atoms with Crippen LogP contribution >= 0.6 is 11.8 Å². The molecule has 0 atom stereocenters. The van der Waals surface area contributed by atoms with E-state index in [4.69, 9.17) is 5.73 Å². The van der Waals surface area contributed by atoms with Gasteiger partial charge in [0.25, 0.3) is 0 Å². The third kappa shape index (κ3) is 3.73. The summed E-state index contributed by atoms with van der Waals surface area (Å²) < 4.78 is 0. The Morgan fingerprint density at radius 3 is 2.75 bits per heavy atom. The molecule has 0 aliphatic heterocycles. The van der Waals surface area contributed by atoms with Crippen molar-refractivity contribution in [3.63, 3.8) is 0 Å². The number of nitrogens with one attached hydrogen (secondary N) is 2. The standard InChI is InChI=1S/C8H11N5O2S/c1-10-8(15)13-5(14)4-16-7-6(9)11-2-3-12-7/h2-3H,4H2,1H3,(H2,9,11)(H2,10,13,14,15). The Morgan fingerprint density at radius 1 is 1.44 bits per heavy atom. The van der Waals surface area contributed by atoms with Gasteiger partial charge in [-0.3, -0.25) is 10.1 Å². The predicted octanol–water partition coefficient (Wildman–Crippen LogP) is -0.394. The number of nitrogen functional groups attached to an aromatic ring is 1. The van der Waals surface area contributed by atoms with E-state index in [1.54, 1.807) is 0 Å². The SMILES string of the molecule is CNC(=O)NC(=O)CSc1nccnc1N. The molecule has 0 spiro atoms. The van der Waals surface area contributed by atoms with Gasteiger partial charge in [0, 0.05) is 19.4 Å². The lowest BCUT2D eigenvalue weighted by Gasteiger charge is -2.03. The van der Waals surface area contributed by atoms with Crippen LogP contribution in [0.15, 0.2) is 17.4 Å². The van der Waals surface area contributed by atoms with Crippen molar-refractivity contribution in [3.05, 3.63) is 12.4 Å². The van der Waals surface area contributed by atoms with Gasteiger partial charge in [0.05, 0.1) is 5.75 Å². The molecule has 4 N–H and O–H groups in total. The molecule has 7 nitrogen and oxygen atoms in total. The summed E-state index contributed by atoms with van der Waals surface area (Å²) in [5.41, 5.74) is 5.53. The molecular formula is C8H11N5O2S. The maximum Gasteiger partial charge on any atom is 0.321 e. The van der Waals surface area contributed by atoms with E-state index < -0.39 is 11.9 Å². The van der Waals surface area contributed by atoms with E-state index in [0.717, 1.165) is 11.8 Å². The van der Waals surface area contributed by atoms with Crippen molar-refractivity contribution in [1.82, 2.24) is 20.6 Å². The third-order valence-electron chi connectivity index (χ3n) is 1.51. The van der Waals surface area contributed by atoms with Crippen LogP contribution in [0.5, 0.6) is 0 Å². The summed E-state index contributed by atoms with van der Waals surface area (Å²) in [5, 5.41) is 4.86. The van der Waals surface area contributed by atoms with Crippen LogP contribution in [-0.4, -0.2) is 34.7 Å². The van der Waals surface area contributed by atoms with Crippen LogP contribution in [0.1, 0.15) is 0 Å². The number of anilines is 1. The lowest BCUT2D eigenvalue weighted by Crippen LogP contribution is -2.38. The van der Waals surface area contributed by atoms with Crippen molar-refractivity contribution in [1.29, 1.82) is 0 Å². The van der Waals surface area contributed by atoms with Crippen LogP contribution in [0, 0.1) is 0 Å². The second-order valence-corrected chi connectivity index (χ2v) is 3.63. The summed E-state index contributed by atoms with van der Waals surface area (Å²) in [4.78, 5) is 29.8. The maximum atomic E-state index is 11.2. The number of aromatic nitrogens is 2. The van der Waals surface area contributed by atoms with Crippen molar-refractivity contribution in [2.24, 2.45) is 0 Å². The summed E-state index contributed by atoms with van der Waals surface area (Å²) in [6.07, 6.45) is 2.94. The van der Waals surface area contributed by atoms with Gasteiger partial charge < -0.3 is 11.1 Å². The van der Waals surface area contributed by atoms with Crippen LogP contribution in [0.4, 0.5) is 10.6 Å². The van der Waals surface area contributed by atoms with Gasteiger partial charge in [-0.1, -0.05) is 11.8 Å². The topological polar surface area (TPSA) is 110 Å². The van der Waals surface area contributed by atoms with Crippen LogP contribution in [0.2, 0.25) is 0 Å². The molecule has 0 aromatic carbocycles. The molecule has 0 saturated heterocycles. The number of thioether (sulfide) groups is 1. The van der Waals surface area contributed by atoms with E-state index in [1.165, 1.54) is 19.4 Å². The highest BCUT2D eigenvalue weighted by Gasteiger charge is 2.08. The van der Waals surface area contributed by atoms with Crippen molar-refractivity contribution in [3.8, 4) is 0 Å². The fourth-order valence-electron chi connectivity index (χ4n) is 0.806. The Balaban J connectivity index is 2.43. The van der Waals surface area contributed by atoms with Gasteiger partial charge in [-0.15, -0.1) is 0 Å². The summed E-state index contributed by atoms with van der Waals surface area (Å²) in [6, 6.07) is -0.544. The van der Waals surface area contributed by atoms with Gasteiger partial charge in [0.1, 0.15) is 5.03 Å². The first-order chi connectivity index (χ1) is 7.63. The van der Waals surface area contributed by atoms with Gasteiger partial charge in [0.15, 0.2) is 5.82 Å². The molecule has 0 unspecified atom stereocenters. The van der Waals surface area contributed by atoms with E-state index >= 15 is 0 Å². The molecule has 1 aromatic rings. The number of nitrogens with two attached hydrogens (primary N) is 1. The zero-order chi connectivity index (χ0) is 12.0. The summed E-state index contributed by atoms with van der Waals surface area (Å²) in [5.74, 6) is -0.106. The number of hydrogen-bond donors (Lipinski definition) is 3. The summed E-state index contributed by atoms with van der Waals surface area (Å²) in [6.45, 7) is 0. The largest absolute Gasteiger partial charge is 0.381 e. The third-order valence-corrected chi connectivity index (χ3v) is 2.51. The minimum atomic E-state index is -0.544. The molecule has 0 aliphatic carbocycles. The van der Waals surface area contributed by atoms with Gasteiger partial charge in [0.2, 0.25) is 5.91 Å². The second kappa shape index (κ2) is 5.91. The Bertz CT molecular complexity index is 398. The van der Waals surface area contributed by atoms with Gasteiger partial charge in [-0.25, -0.2) is 14.8 Å². The van der Waals surface area contributed by atoms with E-state index in [2.05, 4.69) is 20.6 Å². The fourth-order valence-corrected chi connectivity index (χ4v) is 1.48. The number of nitrogens with zero attached hydrogens (tertiary/aromatic N) is 2. The Kier molecular flexibility index (Phi) is 4.52. The van der Waals surface area contributed by atoms with Gasteiger partial charge >= 0.3 is 6.03 Å². The monoisotopic (exact) mass is 241 g/mol. The van der Waals surface area contributed by atoms with Crippen LogP contribution < -0.4 is 16.4 Å². The average Bonchev–Trinajstić information content (AvgIpc) is 2.28. The van der Waals surface area contributed by atoms with E-state index in [0.29, 0.717) is 5.03 Å². The van der Waals surface area contributed by atoms with Crippen molar-refractivity contribution >= 4 is 29.5 Å². The molecule has 0 bridgehead atoms. The van der Waals surface area contributed by atoms with E-state index in [9.17, 15) is 9.59 Å². The average molecular weight is 241 g/mol. The fraction of sp³-hybridized carbons (Fsp3) is 0.250. The molecule has 8 heteroatoms.